The van der Waals surface area contributed by atoms with E-state index in [1.165, 1.54) is 21.2 Å². The van der Waals surface area contributed by atoms with Crippen LogP contribution in [0.25, 0.3) is 0 Å². The Morgan fingerprint density at radius 3 is 2.57 bits per heavy atom. The second-order valence-electron chi connectivity index (χ2n) is 6.93. The second-order valence-corrected chi connectivity index (χ2v) is 8.00. The standard InChI is InChI=1S/C18H30N8O3S/c1-4-6-10-25(13(27)9-8-12-30-18-21-22-23-24(18)3)14-15(19)26(11-7-5-2)17(29)20-16(14)28/h4-12,19H2,1-3H3,(H,20,28,29). The Kier molecular flexibility index (Phi) is 9.09. The highest BCUT2D eigenvalue weighted by molar-refractivity contribution is 7.99. The third-order valence-electron chi connectivity index (χ3n) is 4.60. The fraction of sp³-hybridized carbons (Fsp3) is 0.667. The number of nitrogens with zero attached hydrogens (tertiary/aromatic N) is 6. The summed E-state index contributed by atoms with van der Waals surface area (Å²) in [5, 5.41) is 11.9. The van der Waals surface area contributed by atoms with E-state index in [4.69, 9.17) is 5.73 Å². The smallest absolute Gasteiger partial charge is 0.330 e. The summed E-state index contributed by atoms with van der Waals surface area (Å²) >= 11 is 1.46. The molecule has 2 aromatic heterocycles. The first-order valence-electron chi connectivity index (χ1n) is 10.2. The molecular formula is C18H30N8O3S. The van der Waals surface area contributed by atoms with Gasteiger partial charge in [0, 0.05) is 32.3 Å². The Labute approximate surface area is 179 Å². The van der Waals surface area contributed by atoms with Crippen LogP contribution in [0.15, 0.2) is 14.7 Å². The number of hydrogen-bond donors (Lipinski definition) is 2. The lowest BCUT2D eigenvalue weighted by Gasteiger charge is -2.24. The maximum atomic E-state index is 13.0. The van der Waals surface area contributed by atoms with Crippen molar-refractivity contribution in [3.8, 4) is 0 Å². The Morgan fingerprint density at radius 2 is 1.93 bits per heavy atom. The van der Waals surface area contributed by atoms with E-state index in [1.54, 1.807) is 11.7 Å². The van der Waals surface area contributed by atoms with Crippen molar-refractivity contribution >= 4 is 29.2 Å². The minimum Gasteiger partial charge on any atom is -0.383 e. The van der Waals surface area contributed by atoms with Gasteiger partial charge in [0.1, 0.15) is 5.82 Å². The first kappa shape index (κ1) is 23.6. The van der Waals surface area contributed by atoms with Gasteiger partial charge in [0.15, 0.2) is 5.69 Å². The van der Waals surface area contributed by atoms with Crippen LogP contribution in [0.4, 0.5) is 11.5 Å². The molecule has 2 aromatic rings. The quantitative estimate of drug-likeness (QED) is 0.371. The summed E-state index contributed by atoms with van der Waals surface area (Å²) in [4.78, 5) is 41.4. The molecule has 2 rings (SSSR count). The maximum absolute atomic E-state index is 13.0. The summed E-state index contributed by atoms with van der Waals surface area (Å²) in [5.41, 5.74) is 5.08. The van der Waals surface area contributed by atoms with Crippen LogP contribution in [0.3, 0.4) is 0 Å². The molecule has 0 aliphatic heterocycles. The van der Waals surface area contributed by atoms with E-state index >= 15 is 0 Å². The van der Waals surface area contributed by atoms with Crippen molar-refractivity contribution in [1.82, 2.24) is 29.8 Å². The number of H-pyrrole nitrogens is 1. The Bertz CT molecular complexity index is 952. The molecule has 166 valence electrons. The predicted molar refractivity (Wildman–Crippen MR) is 117 cm³/mol. The number of rotatable bonds is 12. The molecule has 11 nitrogen and oxygen atoms in total. The molecular weight excluding hydrogens is 408 g/mol. The number of carbonyl (C=O) groups excluding carboxylic acids is 1. The third kappa shape index (κ3) is 5.94. The molecule has 2 heterocycles. The van der Waals surface area contributed by atoms with Crippen LogP contribution >= 0.6 is 11.8 Å². The first-order valence-corrected chi connectivity index (χ1v) is 11.2. The van der Waals surface area contributed by atoms with E-state index in [9.17, 15) is 14.4 Å². The molecule has 12 heteroatoms. The summed E-state index contributed by atoms with van der Waals surface area (Å²) in [6.07, 6.45) is 4.02. The molecule has 0 aliphatic carbocycles. The monoisotopic (exact) mass is 438 g/mol. The van der Waals surface area contributed by atoms with E-state index in [2.05, 4.69) is 20.5 Å². The minimum atomic E-state index is -0.630. The van der Waals surface area contributed by atoms with Gasteiger partial charge in [0.25, 0.3) is 5.56 Å². The molecule has 0 aromatic carbocycles. The molecule has 0 aliphatic rings. The third-order valence-corrected chi connectivity index (χ3v) is 5.70. The molecule has 0 fully saturated rings. The van der Waals surface area contributed by atoms with Crippen LogP contribution in [-0.4, -0.2) is 48.0 Å². The highest BCUT2D eigenvalue weighted by Crippen LogP contribution is 2.20. The van der Waals surface area contributed by atoms with Gasteiger partial charge in [-0.3, -0.25) is 19.1 Å². The van der Waals surface area contributed by atoms with Crippen molar-refractivity contribution < 1.29 is 4.79 Å². The average molecular weight is 439 g/mol. The summed E-state index contributed by atoms with van der Waals surface area (Å²) < 4.78 is 2.91. The van der Waals surface area contributed by atoms with Crippen molar-refractivity contribution in [2.24, 2.45) is 7.05 Å². The number of hydrogen-bond acceptors (Lipinski definition) is 8. The Morgan fingerprint density at radius 1 is 1.20 bits per heavy atom. The molecule has 0 radical (unpaired) electrons. The SMILES string of the molecule is CCCCN(C(=O)CCCSc1nnnn1C)c1c(N)n(CCCC)c(=O)[nH]c1=O. The first-order chi connectivity index (χ1) is 14.4. The molecule has 1 amide bonds. The number of nitrogens with one attached hydrogen (secondary N) is 1. The largest absolute Gasteiger partial charge is 0.383 e. The lowest BCUT2D eigenvalue weighted by molar-refractivity contribution is -0.118. The van der Waals surface area contributed by atoms with Gasteiger partial charge < -0.3 is 10.6 Å². The van der Waals surface area contributed by atoms with Crippen LogP contribution < -0.4 is 21.9 Å². The minimum absolute atomic E-state index is 0.0428. The van der Waals surface area contributed by atoms with Gasteiger partial charge in [-0.1, -0.05) is 38.5 Å². The average Bonchev–Trinajstić information content (AvgIpc) is 3.12. The topological polar surface area (TPSA) is 145 Å². The van der Waals surface area contributed by atoms with Crippen LogP contribution in [0, 0.1) is 0 Å². The fourth-order valence-corrected chi connectivity index (χ4v) is 3.71. The zero-order valence-corrected chi connectivity index (χ0v) is 18.6. The van der Waals surface area contributed by atoms with Crippen LogP contribution in [0.1, 0.15) is 52.4 Å². The van der Waals surface area contributed by atoms with Crippen molar-refractivity contribution in [2.45, 2.75) is 64.1 Å². The van der Waals surface area contributed by atoms with Gasteiger partial charge in [-0.25, -0.2) is 9.48 Å². The maximum Gasteiger partial charge on any atom is 0.330 e. The number of nitrogens with two attached hydrogens (primary N) is 1. The van der Waals surface area contributed by atoms with Gasteiger partial charge >= 0.3 is 5.69 Å². The number of tetrazole rings is 1. The molecule has 0 saturated heterocycles. The summed E-state index contributed by atoms with van der Waals surface area (Å²) in [7, 11) is 1.75. The van der Waals surface area contributed by atoms with E-state index < -0.39 is 11.2 Å². The lowest BCUT2D eigenvalue weighted by Crippen LogP contribution is -2.41. The van der Waals surface area contributed by atoms with Gasteiger partial charge in [-0.15, -0.1) is 5.10 Å². The van der Waals surface area contributed by atoms with Crippen molar-refractivity contribution in [3.63, 3.8) is 0 Å². The Hall–Kier alpha value is -2.63. The van der Waals surface area contributed by atoms with Crippen molar-refractivity contribution in [2.75, 3.05) is 22.9 Å². The van der Waals surface area contributed by atoms with E-state index in [1.807, 2.05) is 13.8 Å². The van der Waals surface area contributed by atoms with E-state index in [0.717, 1.165) is 25.7 Å². The number of aromatic amines is 1. The summed E-state index contributed by atoms with van der Waals surface area (Å²) in [5.74, 6) is 0.503. The van der Waals surface area contributed by atoms with Gasteiger partial charge in [-0.2, -0.15) is 0 Å². The summed E-state index contributed by atoms with van der Waals surface area (Å²) in [6.45, 7) is 4.77. The number of nitrogen functional groups attached to an aromatic ring is 1. The second kappa shape index (κ2) is 11.5. The van der Waals surface area contributed by atoms with Crippen LogP contribution in [-0.2, 0) is 18.4 Å². The molecule has 0 spiro atoms. The zero-order valence-electron chi connectivity index (χ0n) is 17.8. The van der Waals surface area contributed by atoms with E-state index in [0.29, 0.717) is 30.4 Å². The number of anilines is 2. The number of thioether (sulfide) groups is 1. The number of aromatic nitrogens is 6. The lowest BCUT2D eigenvalue weighted by atomic mass is 10.2. The molecule has 3 N–H and O–H groups in total. The van der Waals surface area contributed by atoms with Crippen molar-refractivity contribution in [1.29, 1.82) is 0 Å². The molecule has 0 saturated carbocycles. The van der Waals surface area contributed by atoms with Crippen LogP contribution in [0.5, 0.6) is 0 Å². The van der Waals surface area contributed by atoms with Crippen LogP contribution in [0.2, 0.25) is 0 Å². The normalized spacial score (nSPS) is 11.0. The van der Waals surface area contributed by atoms with Gasteiger partial charge in [-0.05, 0) is 29.7 Å². The zero-order chi connectivity index (χ0) is 22.1. The van der Waals surface area contributed by atoms with E-state index in [-0.39, 0.29) is 23.8 Å². The molecule has 0 unspecified atom stereocenters. The number of aryl methyl sites for hydroxylation is 1. The highest BCUT2D eigenvalue weighted by Gasteiger charge is 2.23. The number of carbonyl (C=O) groups is 1. The molecule has 0 bridgehead atoms. The number of unbranched alkanes of at least 4 members (excludes halogenated alkanes) is 2. The fourth-order valence-electron chi connectivity index (χ4n) is 2.92. The summed E-state index contributed by atoms with van der Waals surface area (Å²) in [6, 6.07) is 0. The number of amides is 1. The predicted octanol–water partition coefficient (Wildman–Crippen LogP) is 1.15. The van der Waals surface area contributed by atoms with Gasteiger partial charge in [0.2, 0.25) is 11.1 Å². The van der Waals surface area contributed by atoms with Gasteiger partial charge in [0.05, 0.1) is 0 Å². The Balaban J connectivity index is 2.17. The molecule has 0 atom stereocenters. The highest BCUT2D eigenvalue weighted by atomic mass is 32.2. The van der Waals surface area contributed by atoms with Crippen molar-refractivity contribution in [3.05, 3.63) is 20.8 Å². The molecule has 30 heavy (non-hydrogen) atoms.